The Bertz CT molecular complexity index is 459. The van der Waals surface area contributed by atoms with Gasteiger partial charge < -0.3 is 10.4 Å². The maximum atomic E-state index is 11.7. The molecule has 0 aliphatic carbocycles. The zero-order valence-electron chi connectivity index (χ0n) is 16.1. The summed E-state index contributed by atoms with van der Waals surface area (Å²) in [6.07, 6.45) is 17.3. The van der Waals surface area contributed by atoms with E-state index in [0.29, 0.717) is 5.56 Å². The lowest BCUT2D eigenvalue weighted by Gasteiger charge is -2.06. The second kappa shape index (κ2) is 14.9. The van der Waals surface area contributed by atoms with Gasteiger partial charge in [-0.1, -0.05) is 89.7 Å². The van der Waals surface area contributed by atoms with E-state index < -0.39 is 0 Å². The highest BCUT2D eigenvalue weighted by Crippen LogP contribution is 2.14. The van der Waals surface area contributed by atoms with Crippen LogP contribution in [0.15, 0.2) is 24.3 Å². The van der Waals surface area contributed by atoms with Crippen molar-refractivity contribution in [1.82, 2.24) is 5.32 Å². The van der Waals surface area contributed by atoms with Crippen molar-refractivity contribution in [2.75, 3.05) is 6.73 Å². The molecule has 1 aromatic carbocycles. The highest BCUT2D eigenvalue weighted by molar-refractivity contribution is 5.94. The van der Waals surface area contributed by atoms with E-state index in [9.17, 15) is 4.79 Å². The molecule has 142 valence electrons. The molecule has 2 N–H and O–H groups in total. The van der Waals surface area contributed by atoms with Crippen molar-refractivity contribution in [2.24, 2.45) is 0 Å². The number of aliphatic hydroxyl groups excluding tert-OH is 1. The second-order valence-corrected chi connectivity index (χ2v) is 7.00. The van der Waals surface area contributed by atoms with E-state index in [-0.39, 0.29) is 12.6 Å². The van der Waals surface area contributed by atoms with Gasteiger partial charge >= 0.3 is 0 Å². The van der Waals surface area contributed by atoms with Crippen LogP contribution in [0.4, 0.5) is 0 Å². The number of hydrogen-bond acceptors (Lipinski definition) is 2. The van der Waals surface area contributed by atoms with Gasteiger partial charge in [0.1, 0.15) is 6.73 Å². The van der Waals surface area contributed by atoms with Crippen LogP contribution in [0.1, 0.15) is 99.9 Å². The number of unbranched alkanes of at least 4 members (excludes halogenated alkanes) is 11. The van der Waals surface area contributed by atoms with Crippen molar-refractivity contribution >= 4 is 5.91 Å². The normalized spacial score (nSPS) is 10.8. The standard InChI is InChI=1S/C22H37NO2/c1-2-3-4-5-6-7-8-9-10-11-12-13-15-20-16-14-17-21(18-20)22(25)23-19-24/h14,16-18,24H,2-13,15,19H2,1H3,(H,23,25). The molecule has 0 atom stereocenters. The average molecular weight is 348 g/mol. The first kappa shape index (κ1) is 21.7. The molecule has 0 aromatic heterocycles. The van der Waals surface area contributed by atoms with Crippen LogP contribution in [0.5, 0.6) is 0 Å². The third kappa shape index (κ3) is 11.0. The molecular formula is C22H37NO2. The molecule has 0 bridgehead atoms. The molecule has 0 heterocycles. The van der Waals surface area contributed by atoms with Crippen LogP contribution in [0.25, 0.3) is 0 Å². The molecule has 1 rings (SSSR count). The van der Waals surface area contributed by atoms with Crippen molar-refractivity contribution in [1.29, 1.82) is 0 Å². The quantitative estimate of drug-likeness (QED) is 0.320. The Kier molecular flexibility index (Phi) is 13.0. The van der Waals surface area contributed by atoms with Crippen LogP contribution in [0.2, 0.25) is 0 Å². The molecule has 25 heavy (non-hydrogen) atoms. The van der Waals surface area contributed by atoms with Crippen molar-refractivity contribution in [2.45, 2.75) is 90.4 Å². The monoisotopic (exact) mass is 347 g/mol. The number of aryl methyl sites for hydroxylation is 1. The van der Waals surface area contributed by atoms with E-state index in [1.165, 1.54) is 82.6 Å². The zero-order chi connectivity index (χ0) is 18.2. The fourth-order valence-electron chi connectivity index (χ4n) is 3.21. The van der Waals surface area contributed by atoms with Crippen molar-refractivity contribution in [3.05, 3.63) is 35.4 Å². The number of carbonyl (C=O) groups excluding carboxylic acids is 1. The Balaban J connectivity index is 2.01. The van der Waals surface area contributed by atoms with Crippen LogP contribution >= 0.6 is 0 Å². The first-order valence-corrected chi connectivity index (χ1v) is 10.3. The minimum Gasteiger partial charge on any atom is -0.376 e. The Morgan fingerprint density at radius 1 is 0.880 bits per heavy atom. The lowest BCUT2D eigenvalue weighted by atomic mass is 10.0. The fourth-order valence-corrected chi connectivity index (χ4v) is 3.21. The predicted octanol–water partition coefficient (Wildman–Crippen LogP) is 5.61. The van der Waals surface area contributed by atoms with Crippen LogP contribution in [0, 0.1) is 0 Å². The molecule has 0 aliphatic rings. The van der Waals surface area contributed by atoms with E-state index in [1.54, 1.807) is 6.07 Å². The summed E-state index contributed by atoms with van der Waals surface area (Å²) in [6, 6.07) is 7.72. The average Bonchev–Trinajstić information content (AvgIpc) is 2.63. The fraction of sp³-hybridized carbons (Fsp3) is 0.682. The summed E-state index contributed by atoms with van der Waals surface area (Å²) in [5, 5.41) is 11.2. The number of rotatable bonds is 15. The molecule has 0 saturated heterocycles. The summed E-state index contributed by atoms with van der Waals surface area (Å²) >= 11 is 0. The van der Waals surface area contributed by atoms with Gasteiger partial charge in [0, 0.05) is 5.56 Å². The van der Waals surface area contributed by atoms with Gasteiger partial charge in [0.25, 0.3) is 5.91 Å². The number of aliphatic hydroxyl groups is 1. The highest BCUT2D eigenvalue weighted by atomic mass is 16.3. The Labute approximate surface area is 154 Å². The number of hydrogen-bond donors (Lipinski definition) is 2. The van der Waals surface area contributed by atoms with Crippen LogP contribution in [-0.2, 0) is 6.42 Å². The van der Waals surface area contributed by atoms with Gasteiger partial charge in [-0.05, 0) is 30.5 Å². The highest BCUT2D eigenvalue weighted by Gasteiger charge is 2.04. The largest absolute Gasteiger partial charge is 0.376 e. The smallest absolute Gasteiger partial charge is 0.253 e. The van der Waals surface area contributed by atoms with Gasteiger partial charge in [0.05, 0.1) is 0 Å². The molecule has 0 fully saturated rings. The topological polar surface area (TPSA) is 49.3 Å². The maximum Gasteiger partial charge on any atom is 0.253 e. The molecular weight excluding hydrogens is 310 g/mol. The molecule has 0 aliphatic heterocycles. The molecule has 0 spiro atoms. The van der Waals surface area contributed by atoms with Gasteiger partial charge in [-0.3, -0.25) is 4.79 Å². The molecule has 0 radical (unpaired) electrons. The van der Waals surface area contributed by atoms with E-state index >= 15 is 0 Å². The summed E-state index contributed by atoms with van der Waals surface area (Å²) in [4.78, 5) is 11.7. The van der Waals surface area contributed by atoms with Crippen LogP contribution in [0.3, 0.4) is 0 Å². The van der Waals surface area contributed by atoms with Crippen LogP contribution < -0.4 is 5.32 Å². The Morgan fingerprint density at radius 2 is 1.44 bits per heavy atom. The summed E-state index contributed by atoms with van der Waals surface area (Å²) in [7, 11) is 0. The molecule has 0 saturated carbocycles. The van der Waals surface area contributed by atoms with Crippen molar-refractivity contribution in [3.8, 4) is 0 Å². The van der Waals surface area contributed by atoms with Crippen molar-refractivity contribution in [3.63, 3.8) is 0 Å². The van der Waals surface area contributed by atoms with E-state index in [4.69, 9.17) is 5.11 Å². The zero-order valence-corrected chi connectivity index (χ0v) is 16.1. The molecule has 1 amide bonds. The molecule has 3 heteroatoms. The van der Waals surface area contributed by atoms with E-state index in [0.717, 1.165) is 6.42 Å². The van der Waals surface area contributed by atoms with Crippen molar-refractivity contribution < 1.29 is 9.90 Å². The number of benzene rings is 1. The minimum absolute atomic E-state index is 0.209. The lowest BCUT2D eigenvalue weighted by Crippen LogP contribution is -2.24. The summed E-state index contributed by atoms with van der Waals surface area (Å²) in [5.41, 5.74) is 1.84. The van der Waals surface area contributed by atoms with Gasteiger partial charge in [0.2, 0.25) is 0 Å². The minimum atomic E-state index is -0.318. The predicted molar refractivity (Wildman–Crippen MR) is 106 cm³/mol. The van der Waals surface area contributed by atoms with Gasteiger partial charge in [-0.15, -0.1) is 0 Å². The Hall–Kier alpha value is -1.35. The first-order valence-electron chi connectivity index (χ1n) is 10.3. The maximum absolute atomic E-state index is 11.7. The number of carbonyl (C=O) groups is 1. The SMILES string of the molecule is CCCCCCCCCCCCCCc1cccc(C(=O)NCO)c1. The Morgan fingerprint density at radius 3 is 2.00 bits per heavy atom. The number of amides is 1. The summed E-state index contributed by atoms with van der Waals surface area (Å²) in [6.45, 7) is 1.95. The number of nitrogens with one attached hydrogen (secondary N) is 1. The summed E-state index contributed by atoms with van der Waals surface area (Å²) < 4.78 is 0. The first-order chi connectivity index (χ1) is 12.3. The van der Waals surface area contributed by atoms with Gasteiger partial charge in [-0.2, -0.15) is 0 Å². The summed E-state index contributed by atoms with van der Waals surface area (Å²) in [5.74, 6) is -0.209. The van der Waals surface area contributed by atoms with Gasteiger partial charge in [0.15, 0.2) is 0 Å². The lowest BCUT2D eigenvalue weighted by molar-refractivity contribution is 0.0910. The third-order valence-electron chi connectivity index (χ3n) is 4.75. The van der Waals surface area contributed by atoms with Gasteiger partial charge in [-0.25, -0.2) is 0 Å². The molecule has 1 aromatic rings. The second-order valence-electron chi connectivity index (χ2n) is 7.00. The molecule has 3 nitrogen and oxygen atoms in total. The van der Waals surface area contributed by atoms with E-state index in [2.05, 4.69) is 18.3 Å². The van der Waals surface area contributed by atoms with E-state index in [1.807, 2.05) is 12.1 Å². The van der Waals surface area contributed by atoms with Crippen LogP contribution in [-0.4, -0.2) is 17.7 Å². The third-order valence-corrected chi connectivity index (χ3v) is 4.75. The molecule has 0 unspecified atom stereocenters.